The standard InChI is InChI=1S/C24H31N3O3/c1-4-19-9-11-21(12-10-19)25-24(29)26(15-16-30-3)17-23(28)27-14-13-20-7-5-6-8-22(20)18(27)2/h5-12,18H,4,13-17H2,1-3H3,(H,25,29). The first-order valence-electron chi connectivity index (χ1n) is 10.5. The SMILES string of the molecule is CCc1ccc(NC(=O)N(CCOC)CC(=O)N2CCc3ccccc3C2C)cc1. The van der Waals surface area contributed by atoms with Crippen LogP contribution in [0.15, 0.2) is 48.5 Å². The predicted octanol–water partition coefficient (Wildman–Crippen LogP) is 3.88. The Labute approximate surface area is 178 Å². The molecule has 30 heavy (non-hydrogen) atoms. The number of anilines is 1. The molecule has 0 bridgehead atoms. The van der Waals surface area contributed by atoms with E-state index >= 15 is 0 Å². The van der Waals surface area contributed by atoms with E-state index < -0.39 is 0 Å². The van der Waals surface area contributed by atoms with Crippen molar-refractivity contribution in [1.82, 2.24) is 9.80 Å². The van der Waals surface area contributed by atoms with Gasteiger partial charge in [-0.1, -0.05) is 43.3 Å². The zero-order chi connectivity index (χ0) is 21.5. The molecule has 6 nitrogen and oxygen atoms in total. The zero-order valence-corrected chi connectivity index (χ0v) is 18.1. The number of hydrogen-bond acceptors (Lipinski definition) is 3. The van der Waals surface area contributed by atoms with Crippen LogP contribution >= 0.6 is 0 Å². The number of carbonyl (C=O) groups excluding carboxylic acids is 2. The van der Waals surface area contributed by atoms with Gasteiger partial charge in [-0.3, -0.25) is 4.79 Å². The minimum absolute atomic E-state index is 0.00336. The highest BCUT2D eigenvalue weighted by Crippen LogP contribution is 2.29. The number of amides is 3. The Morgan fingerprint density at radius 3 is 2.60 bits per heavy atom. The fraction of sp³-hybridized carbons (Fsp3) is 0.417. The number of aryl methyl sites for hydroxylation is 1. The molecule has 0 saturated heterocycles. The van der Waals surface area contributed by atoms with Crippen molar-refractivity contribution in [3.63, 3.8) is 0 Å². The minimum Gasteiger partial charge on any atom is -0.383 e. The summed E-state index contributed by atoms with van der Waals surface area (Å²) < 4.78 is 5.15. The number of benzene rings is 2. The maximum absolute atomic E-state index is 13.1. The van der Waals surface area contributed by atoms with E-state index in [4.69, 9.17) is 4.74 Å². The van der Waals surface area contributed by atoms with Crippen LogP contribution in [0, 0.1) is 0 Å². The molecule has 3 rings (SSSR count). The van der Waals surface area contributed by atoms with Crippen LogP contribution in [0.3, 0.4) is 0 Å². The monoisotopic (exact) mass is 409 g/mol. The van der Waals surface area contributed by atoms with E-state index in [0.29, 0.717) is 25.4 Å². The average Bonchev–Trinajstić information content (AvgIpc) is 2.77. The summed E-state index contributed by atoms with van der Waals surface area (Å²) in [4.78, 5) is 29.3. The van der Waals surface area contributed by atoms with E-state index in [1.54, 1.807) is 7.11 Å². The first-order valence-corrected chi connectivity index (χ1v) is 10.5. The first-order chi connectivity index (χ1) is 14.5. The first kappa shape index (κ1) is 21.8. The molecule has 2 aromatic carbocycles. The van der Waals surface area contributed by atoms with E-state index in [0.717, 1.165) is 12.8 Å². The van der Waals surface area contributed by atoms with Crippen molar-refractivity contribution in [3.8, 4) is 0 Å². The van der Waals surface area contributed by atoms with Crippen LogP contribution in [-0.4, -0.2) is 55.1 Å². The average molecular weight is 410 g/mol. The molecule has 1 heterocycles. The van der Waals surface area contributed by atoms with Gasteiger partial charge in [-0.2, -0.15) is 0 Å². The van der Waals surface area contributed by atoms with Gasteiger partial charge in [0.15, 0.2) is 0 Å². The number of nitrogens with zero attached hydrogens (tertiary/aromatic N) is 2. The van der Waals surface area contributed by atoms with Crippen LogP contribution in [0.1, 0.15) is 36.6 Å². The van der Waals surface area contributed by atoms with Gasteiger partial charge in [-0.15, -0.1) is 0 Å². The fourth-order valence-corrected chi connectivity index (χ4v) is 3.85. The van der Waals surface area contributed by atoms with Gasteiger partial charge in [-0.05, 0) is 48.6 Å². The fourth-order valence-electron chi connectivity index (χ4n) is 3.85. The summed E-state index contributed by atoms with van der Waals surface area (Å²) in [6.45, 7) is 5.54. The van der Waals surface area contributed by atoms with Crippen LogP contribution < -0.4 is 5.32 Å². The van der Waals surface area contributed by atoms with Gasteiger partial charge < -0.3 is 19.9 Å². The molecule has 1 aliphatic rings. The molecule has 1 atom stereocenters. The normalized spacial score (nSPS) is 15.4. The number of carbonyl (C=O) groups is 2. The van der Waals surface area contributed by atoms with Crippen molar-refractivity contribution in [1.29, 1.82) is 0 Å². The molecule has 3 amide bonds. The van der Waals surface area contributed by atoms with Crippen molar-refractivity contribution in [3.05, 3.63) is 65.2 Å². The largest absolute Gasteiger partial charge is 0.383 e. The number of ether oxygens (including phenoxy) is 1. The number of rotatable bonds is 7. The summed E-state index contributed by atoms with van der Waals surface area (Å²) in [5.74, 6) is -0.0513. The van der Waals surface area contributed by atoms with Gasteiger partial charge >= 0.3 is 6.03 Å². The second-order valence-corrected chi connectivity index (χ2v) is 7.61. The number of fused-ring (bicyclic) bond motifs is 1. The van der Waals surface area contributed by atoms with Gasteiger partial charge in [-0.25, -0.2) is 4.79 Å². The second-order valence-electron chi connectivity index (χ2n) is 7.61. The molecular weight excluding hydrogens is 378 g/mol. The molecule has 0 aromatic heterocycles. The van der Waals surface area contributed by atoms with Crippen molar-refractivity contribution in [2.45, 2.75) is 32.7 Å². The summed E-state index contributed by atoms with van der Waals surface area (Å²) in [5, 5.41) is 2.90. The highest BCUT2D eigenvalue weighted by molar-refractivity contribution is 5.92. The molecule has 0 saturated carbocycles. The Bertz CT molecular complexity index is 866. The van der Waals surface area contributed by atoms with Crippen LogP contribution in [-0.2, 0) is 22.4 Å². The molecule has 0 radical (unpaired) electrons. The lowest BCUT2D eigenvalue weighted by Crippen LogP contribution is -2.48. The van der Waals surface area contributed by atoms with Gasteiger partial charge in [0.25, 0.3) is 0 Å². The summed E-state index contributed by atoms with van der Waals surface area (Å²) in [6.07, 6.45) is 1.78. The third-order valence-corrected chi connectivity index (χ3v) is 5.71. The third kappa shape index (κ3) is 5.19. The summed E-state index contributed by atoms with van der Waals surface area (Å²) in [5.41, 5.74) is 4.39. The third-order valence-electron chi connectivity index (χ3n) is 5.71. The summed E-state index contributed by atoms with van der Waals surface area (Å²) >= 11 is 0. The molecule has 0 fully saturated rings. The Morgan fingerprint density at radius 1 is 1.17 bits per heavy atom. The number of urea groups is 1. The quantitative estimate of drug-likeness (QED) is 0.755. The van der Waals surface area contributed by atoms with Crippen LogP contribution in [0.25, 0.3) is 0 Å². The molecule has 1 aliphatic heterocycles. The van der Waals surface area contributed by atoms with Crippen molar-refractivity contribution in [2.24, 2.45) is 0 Å². The van der Waals surface area contributed by atoms with Crippen molar-refractivity contribution < 1.29 is 14.3 Å². The summed E-state index contributed by atoms with van der Waals surface area (Å²) in [6, 6.07) is 15.7. The van der Waals surface area contributed by atoms with E-state index in [9.17, 15) is 9.59 Å². The molecule has 2 aromatic rings. The molecule has 0 spiro atoms. The van der Waals surface area contributed by atoms with Gasteiger partial charge in [0, 0.05) is 25.9 Å². The van der Waals surface area contributed by atoms with Gasteiger partial charge in [0.05, 0.1) is 12.6 Å². The number of hydrogen-bond donors (Lipinski definition) is 1. The maximum Gasteiger partial charge on any atom is 0.322 e. The Hall–Kier alpha value is -2.86. The van der Waals surface area contributed by atoms with Crippen LogP contribution in [0.2, 0.25) is 0 Å². The molecular formula is C24H31N3O3. The van der Waals surface area contributed by atoms with Crippen molar-refractivity contribution >= 4 is 17.6 Å². The lowest BCUT2D eigenvalue weighted by molar-refractivity contribution is -0.134. The zero-order valence-electron chi connectivity index (χ0n) is 18.1. The maximum atomic E-state index is 13.1. The predicted molar refractivity (Wildman–Crippen MR) is 119 cm³/mol. The highest BCUT2D eigenvalue weighted by atomic mass is 16.5. The second kappa shape index (κ2) is 10.3. The lowest BCUT2D eigenvalue weighted by atomic mass is 9.93. The molecule has 1 N–H and O–H groups in total. The molecule has 6 heteroatoms. The lowest BCUT2D eigenvalue weighted by Gasteiger charge is -2.36. The van der Waals surface area contributed by atoms with E-state index in [2.05, 4.69) is 24.4 Å². The number of nitrogens with one attached hydrogen (secondary N) is 1. The Kier molecular flexibility index (Phi) is 7.46. The Balaban J connectivity index is 1.67. The molecule has 0 aliphatic carbocycles. The topological polar surface area (TPSA) is 61.9 Å². The molecule has 1 unspecified atom stereocenters. The van der Waals surface area contributed by atoms with Crippen LogP contribution in [0.5, 0.6) is 0 Å². The van der Waals surface area contributed by atoms with E-state index in [1.807, 2.05) is 48.2 Å². The Morgan fingerprint density at radius 2 is 1.90 bits per heavy atom. The number of methoxy groups -OCH3 is 1. The van der Waals surface area contributed by atoms with E-state index in [-0.39, 0.29) is 24.5 Å². The smallest absolute Gasteiger partial charge is 0.322 e. The highest BCUT2D eigenvalue weighted by Gasteiger charge is 2.29. The van der Waals surface area contributed by atoms with Crippen LogP contribution in [0.4, 0.5) is 10.5 Å². The summed E-state index contributed by atoms with van der Waals surface area (Å²) in [7, 11) is 1.59. The molecule has 160 valence electrons. The van der Waals surface area contributed by atoms with Crippen molar-refractivity contribution in [2.75, 3.05) is 38.7 Å². The van der Waals surface area contributed by atoms with E-state index in [1.165, 1.54) is 21.6 Å². The van der Waals surface area contributed by atoms with Gasteiger partial charge in [0.2, 0.25) is 5.91 Å². The van der Waals surface area contributed by atoms with Gasteiger partial charge in [0.1, 0.15) is 6.54 Å². The minimum atomic E-state index is -0.297.